The summed E-state index contributed by atoms with van der Waals surface area (Å²) in [6, 6.07) is 6.42. The molecule has 0 atom stereocenters. The third-order valence-corrected chi connectivity index (χ3v) is 3.83. The highest BCUT2D eigenvalue weighted by Gasteiger charge is 2.14. The summed E-state index contributed by atoms with van der Waals surface area (Å²) in [6.45, 7) is 4.22. The molecule has 0 amide bonds. The van der Waals surface area contributed by atoms with E-state index in [1.807, 2.05) is 0 Å². The number of hydrogen-bond acceptors (Lipinski definition) is 1. The van der Waals surface area contributed by atoms with E-state index in [1.165, 1.54) is 27.7 Å². The van der Waals surface area contributed by atoms with E-state index in [4.69, 9.17) is 0 Å². The third kappa shape index (κ3) is 1.94. The summed E-state index contributed by atoms with van der Waals surface area (Å²) in [7, 11) is 0. The van der Waals surface area contributed by atoms with E-state index >= 15 is 0 Å². The summed E-state index contributed by atoms with van der Waals surface area (Å²) < 4.78 is 1.14. The molecule has 2 N–H and O–H groups in total. The van der Waals surface area contributed by atoms with Gasteiger partial charge in [-0.05, 0) is 43.7 Å². The molecule has 0 radical (unpaired) electrons. The molecule has 1 aromatic carbocycles. The number of fused-ring (bicyclic) bond motifs is 1. The Kier molecular flexibility index (Phi) is 2.81. The highest BCUT2D eigenvalue weighted by Crippen LogP contribution is 2.32. The first kappa shape index (κ1) is 11.1. The first-order valence-electron chi connectivity index (χ1n) is 5.93. The number of halogens is 1. The van der Waals surface area contributed by atoms with E-state index in [-0.39, 0.29) is 0 Å². The molecular formula is C14H15BrN2. The van der Waals surface area contributed by atoms with Gasteiger partial charge in [-0.15, -0.1) is 0 Å². The number of aromatic nitrogens is 1. The number of H-pyrrole nitrogens is 1. The lowest BCUT2D eigenvalue weighted by Gasteiger charge is -2.14. The summed E-state index contributed by atoms with van der Waals surface area (Å²) in [5, 5.41) is 4.68. The molecule has 88 valence electrons. The third-order valence-electron chi connectivity index (χ3n) is 3.33. The van der Waals surface area contributed by atoms with Crippen LogP contribution in [-0.2, 0) is 0 Å². The summed E-state index contributed by atoms with van der Waals surface area (Å²) >= 11 is 3.55. The van der Waals surface area contributed by atoms with Crippen molar-refractivity contribution in [1.29, 1.82) is 0 Å². The van der Waals surface area contributed by atoms with Crippen molar-refractivity contribution in [3.05, 3.63) is 40.0 Å². The monoisotopic (exact) mass is 290 g/mol. The summed E-state index contributed by atoms with van der Waals surface area (Å²) in [5.41, 5.74) is 5.35. The lowest BCUT2D eigenvalue weighted by Crippen LogP contribution is -2.20. The van der Waals surface area contributed by atoms with Crippen molar-refractivity contribution in [3.8, 4) is 0 Å². The predicted molar refractivity (Wildman–Crippen MR) is 76.2 cm³/mol. The molecule has 2 aromatic rings. The number of aryl methyl sites for hydroxylation is 1. The molecule has 0 saturated heterocycles. The molecule has 1 aliphatic rings. The van der Waals surface area contributed by atoms with Crippen molar-refractivity contribution in [2.75, 3.05) is 13.1 Å². The fourth-order valence-corrected chi connectivity index (χ4v) is 2.92. The van der Waals surface area contributed by atoms with Crippen LogP contribution in [0.25, 0.3) is 16.5 Å². The molecule has 1 aromatic heterocycles. The molecule has 2 heterocycles. The zero-order valence-electron chi connectivity index (χ0n) is 9.81. The van der Waals surface area contributed by atoms with E-state index in [2.05, 4.69) is 57.4 Å². The van der Waals surface area contributed by atoms with Crippen LogP contribution in [0.2, 0.25) is 0 Å². The molecule has 0 aliphatic carbocycles. The quantitative estimate of drug-likeness (QED) is 0.825. The highest BCUT2D eigenvalue weighted by molar-refractivity contribution is 9.10. The Bertz CT molecular complexity index is 596. The van der Waals surface area contributed by atoms with Gasteiger partial charge in [-0.1, -0.05) is 22.0 Å². The first-order chi connectivity index (χ1) is 8.25. The van der Waals surface area contributed by atoms with Gasteiger partial charge in [-0.25, -0.2) is 0 Å². The van der Waals surface area contributed by atoms with Crippen molar-refractivity contribution in [1.82, 2.24) is 10.3 Å². The standard InChI is InChI=1S/C14H15BrN2/c1-9-14(10-4-6-16-7-5-10)12-8-11(15)2-3-13(12)17-9/h2-4,8,16-17H,5-7H2,1H3. The molecule has 0 fully saturated rings. The van der Waals surface area contributed by atoms with Crippen LogP contribution in [0.5, 0.6) is 0 Å². The Morgan fingerprint density at radius 3 is 2.94 bits per heavy atom. The SMILES string of the molecule is Cc1[nH]c2ccc(Br)cc2c1C1=CCNCC1. The van der Waals surface area contributed by atoms with Crippen molar-refractivity contribution in [2.45, 2.75) is 13.3 Å². The van der Waals surface area contributed by atoms with Gasteiger partial charge in [0.2, 0.25) is 0 Å². The summed E-state index contributed by atoms with van der Waals surface area (Å²) in [4.78, 5) is 3.47. The Labute approximate surface area is 109 Å². The second-order valence-corrected chi connectivity index (χ2v) is 5.41. The number of rotatable bonds is 1. The van der Waals surface area contributed by atoms with Crippen molar-refractivity contribution >= 4 is 32.4 Å². The van der Waals surface area contributed by atoms with E-state index in [0.29, 0.717) is 0 Å². The zero-order valence-corrected chi connectivity index (χ0v) is 11.4. The van der Waals surface area contributed by atoms with E-state index in [0.717, 1.165) is 24.0 Å². The van der Waals surface area contributed by atoms with Gasteiger partial charge in [0, 0.05) is 33.2 Å². The maximum Gasteiger partial charge on any atom is 0.0463 e. The Morgan fingerprint density at radius 1 is 1.29 bits per heavy atom. The van der Waals surface area contributed by atoms with Crippen molar-refractivity contribution in [2.24, 2.45) is 0 Å². The van der Waals surface area contributed by atoms with Crippen LogP contribution in [0.1, 0.15) is 17.7 Å². The van der Waals surface area contributed by atoms with Crippen LogP contribution in [-0.4, -0.2) is 18.1 Å². The summed E-state index contributed by atoms with van der Waals surface area (Å²) in [5.74, 6) is 0. The predicted octanol–water partition coefficient (Wildman–Crippen LogP) is 3.62. The van der Waals surface area contributed by atoms with Gasteiger partial charge < -0.3 is 10.3 Å². The van der Waals surface area contributed by atoms with Gasteiger partial charge in [0.05, 0.1) is 0 Å². The molecule has 1 aliphatic heterocycles. The fourth-order valence-electron chi connectivity index (χ4n) is 2.56. The number of hydrogen-bond donors (Lipinski definition) is 2. The lowest BCUT2D eigenvalue weighted by atomic mass is 9.97. The summed E-state index contributed by atoms with van der Waals surface area (Å²) in [6.07, 6.45) is 3.42. The number of aromatic amines is 1. The normalized spacial score (nSPS) is 16.2. The van der Waals surface area contributed by atoms with Gasteiger partial charge in [0.15, 0.2) is 0 Å². The minimum absolute atomic E-state index is 0.982. The number of nitrogens with one attached hydrogen (secondary N) is 2. The maximum absolute atomic E-state index is 3.55. The minimum atomic E-state index is 0.982. The molecule has 0 unspecified atom stereocenters. The Morgan fingerprint density at radius 2 is 2.18 bits per heavy atom. The molecular weight excluding hydrogens is 276 g/mol. The van der Waals surface area contributed by atoms with Gasteiger partial charge in [0.25, 0.3) is 0 Å². The molecule has 17 heavy (non-hydrogen) atoms. The topological polar surface area (TPSA) is 27.8 Å². The van der Waals surface area contributed by atoms with Gasteiger partial charge in [-0.3, -0.25) is 0 Å². The van der Waals surface area contributed by atoms with E-state index in [9.17, 15) is 0 Å². The Hall–Kier alpha value is -1.06. The lowest BCUT2D eigenvalue weighted by molar-refractivity contribution is 0.738. The van der Waals surface area contributed by atoms with Crippen LogP contribution in [0.3, 0.4) is 0 Å². The zero-order chi connectivity index (χ0) is 11.8. The first-order valence-corrected chi connectivity index (χ1v) is 6.73. The maximum atomic E-state index is 3.55. The second kappa shape index (κ2) is 4.31. The Balaban J connectivity index is 2.23. The van der Waals surface area contributed by atoms with Gasteiger partial charge in [0.1, 0.15) is 0 Å². The average molecular weight is 291 g/mol. The minimum Gasteiger partial charge on any atom is -0.358 e. The van der Waals surface area contributed by atoms with Crippen LogP contribution < -0.4 is 5.32 Å². The van der Waals surface area contributed by atoms with Crippen LogP contribution >= 0.6 is 15.9 Å². The van der Waals surface area contributed by atoms with Crippen molar-refractivity contribution in [3.63, 3.8) is 0 Å². The smallest absolute Gasteiger partial charge is 0.0463 e. The highest BCUT2D eigenvalue weighted by atomic mass is 79.9. The van der Waals surface area contributed by atoms with Gasteiger partial charge >= 0.3 is 0 Å². The van der Waals surface area contributed by atoms with Crippen LogP contribution in [0, 0.1) is 6.92 Å². The molecule has 3 rings (SSSR count). The molecule has 3 heteroatoms. The molecule has 0 bridgehead atoms. The molecule has 2 nitrogen and oxygen atoms in total. The average Bonchev–Trinajstić information content (AvgIpc) is 2.65. The van der Waals surface area contributed by atoms with Crippen LogP contribution in [0.4, 0.5) is 0 Å². The van der Waals surface area contributed by atoms with E-state index < -0.39 is 0 Å². The fraction of sp³-hybridized carbons (Fsp3) is 0.286. The molecule has 0 saturated carbocycles. The molecule has 0 spiro atoms. The second-order valence-electron chi connectivity index (χ2n) is 4.50. The van der Waals surface area contributed by atoms with E-state index in [1.54, 1.807) is 0 Å². The number of benzene rings is 1. The largest absolute Gasteiger partial charge is 0.358 e. The van der Waals surface area contributed by atoms with Gasteiger partial charge in [-0.2, -0.15) is 0 Å². The van der Waals surface area contributed by atoms with Crippen molar-refractivity contribution < 1.29 is 0 Å². The van der Waals surface area contributed by atoms with Crippen LogP contribution in [0.15, 0.2) is 28.7 Å².